The van der Waals surface area contributed by atoms with Gasteiger partial charge in [0, 0.05) is 6.04 Å². The second-order valence-corrected chi connectivity index (χ2v) is 4.59. The molecule has 0 aliphatic heterocycles. The third-order valence-electron chi connectivity index (χ3n) is 3.05. The van der Waals surface area contributed by atoms with Crippen molar-refractivity contribution < 1.29 is 4.79 Å². The highest BCUT2D eigenvalue weighted by Gasteiger charge is 2.26. The van der Waals surface area contributed by atoms with Crippen molar-refractivity contribution in [3.8, 4) is 12.3 Å². The fourth-order valence-electron chi connectivity index (χ4n) is 1.83. The molecule has 0 radical (unpaired) electrons. The van der Waals surface area contributed by atoms with Crippen LogP contribution in [0.2, 0.25) is 0 Å². The Balaban J connectivity index is 2.26. The van der Waals surface area contributed by atoms with Gasteiger partial charge in [0.05, 0.1) is 12.6 Å². The second kappa shape index (κ2) is 6.55. The summed E-state index contributed by atoms with van der Waals surface area (Å²) in [4.78, 5) is 11.6. The highest BCUT2D eigenvalue weighted by Crippen LogP contribution is 2.34. The molecule has 1 amide bonds. The Morgan fingerprint density at radius 2 is 2.25 bits per heavy atom. The lowest BCUT2D eigenvalue weighted by Crippen LogP contribution is -2.46. The molecule has 90 valence electrons. The Morgan fingerprint density at radius 1 is 1.56 bits per heavy atom. The summed E-state index contributed by atoms with van der Waals surface area (Å²) >= 11 is 0. The zero-order valence-corrected chi connectivity index (χ0v) is 10.3. The van der Waals surface area contributed by atoms with Gasteiger partial charge in [-0.05, 0) is 25.7 Å². The molecule has 2 unspecified atom stereocenters. The summed E-state index contributed by atoms with van der Waals surface area (Å²) in [5.41, 5.74) is 0. The molecule has 1 rings (SSSR count). The van der Waals surface area contributed by atoms with Crippen molar-refractivity contribution in [1.82, 2.24) is 10.6 Å². The lowest BCUT2D eigenvalue weighted by Gasteiger charge is -2.21. The normalized spacial score (nSPS) is 18.6. The van der Waals surface area contributed by atoms with Gasteiger partial charge < -0.3 is 10.6 Å². The van der Waals surface area contributed by atoms with Gasteiger partial charge >= 0.3 is 0 Å². The number of carbonyl (C=O) groups is 1. The maximum Gasteiger partial charge on any atom is 0.237 e. The van der Waals surface area contributed by atoms with E-state index >= 15 is 0 Å². The summed E-state index contributed by atoms with van der Waals surface area (Å²) in [5.74, 6) is 3.28. The summed E-state index contributed by atoms with van der Waals surface area (Å²) < 4.78 is 0. The molecule has 0 bridgehead atoms. The molecule has 1 aliphatic rings. The molecular weight excluding hydrogens is 200 g/mol. The van der Waals surface area contributed by atoms with Gasteiger partial charge in [-0.15, -0.1) is 6.42 Å². The highest BCUT2D eigenvalue weighted by molar-refractivity contribution is 5.81. The van der Waals surface area contributed by atoms with E-state index in [4.69, 9.17) is 6.42 Å². The Hall–Kier alpha value is -1.01. The van der Waals surface area contributed by atoms with Crippen LogP contribution in [0.4, 0.5) is 0 Å². The Bertz CT molecular complexity index is 266. The monoisotopic (exact) mass is 222 g/mol. The molecule has 1 fully saturated rings. The van der Waals surface area contributed by atoms with Gasteiger partial charge in [0.15, 0.2) is 0 Å². The molecule has 1 saturated carbocycles. The molecule has 0 aromatic carbocycles. The molecule has 3 heteroatoms. The lowest BCUT2D eigenvalue weighted by atomic mass is 10.1. The molecule has 3 nitrogen and oxygen atoms in total. The zero-order chi connectivity index (χ0) is 12.0. The van der Waals surface area contributed by atoms with E-state index in [2.05, 4.69) is 23.5 Å². The Kier molecular flexibility index (Phi) is 5.34. The molecular formula is C13H22N2O. The first kappa shape index (κ1) is 13.1. The summed E-state index contributed by atoms with van der Waals surface area (Å²) in [6.45, 7) is 4.36. The quantitative estimate of drug-likeness (QED) is 0.637. The fraction of sp³-hybridized carbons (Fsp3) is 0.769. The standard InChI is InChI=1S/C13H22N2O/c1-4-8-14-13(16)10(3)15-12(5-2)9-11-6-7-11/h1,10-12,15H,5-9H2,2-3H3,(H,14,16). The van der Waals surface area contributed by atoms with Crippen LogP contribution in [0.1, 0.15) is 39.5 Å². The highest BCUT2D eigenvalue weighted by atomic mass is 16.2. The van der Waals surface area contributed by atoms with Crippen molar-refractivity contribution in [2.24, 2.45) is 5.92 Å². The number of terminal acetylenes is 1. The minimum Gasteiger partial charge on any atom is -0.344 e. The van der Waals surface area contributed by atoms with E-state index < -0.39 is 0 Å². The van der Waals surface area contributed by atoms with Gasteiger partial charge in [-0.25, -0.2) is 0 Å². The predicted octanol–water partition coefficient (Wildman–Crippen LogP) is 1.29. The van der Waals surface area contributed by atoms with Crippen molar-refractivity contribution in [3.63, 3.8) is 0 Å². The first-order chi connectivity index (χ1) is 7.67. The average Bonchev–Trinajstić information content (AvgIpc) is 3.08. The van der Waals surface area contributed by atoms with Gasteiger partial charge in [0.2, 0.25) is 5.91 Å². The summed E-state index contributed by atoms with van der Waals surface area (Å²) in [7, 11) is 0. The molecule has 2 atom stereocenters. The maximum atomic E-state index is 11.6. The maximum absolute atomic E-state index is 11.6. The molecule has 16 heavy (non-hydrogen) atoms. The average molecular weight is 222 g/mol. The minimum absolute atomic E-state index is 0.00723. The predicted molar refractivity (Wildman–Crippen MR) is 65.9 cm³/mol. The van der Waals surface area contributed by atoms with Crippen LogP contribution in [-0.2, 0) is 4.79 Å². The first-order valence-corrected chi connectivity index (χ1v) is 6.14. The topological polar surface area (TPSA) is 41.1 Å². The third kappa shape index (κ3) is 4.67. The summed E-state index contributed by atoms with van der Waals surface area (Å²) in [5, 5.41) is 6.06. The third-order valence-corrected chi connectivity index (χ3v) is 3.05. The van der Waals surface area contributed by atoms with E-state index in [1.54, 1.807) is 0 Å². The van der Waals surface area contributed by atoms with Gasteiger partial charge in [-0.3, -0.25) is 4.79 Å². The van der Waals surface area contributed by atoms with Crippen LogP contribution in [-0.4, -0.2) is 24.5 Å². The van der Waals surface area contributed by atoms with Crippen molar-refractivity contribution in [2.45, 2.75) is 51.6 Å². The number of amides is 1. The van der Waals surface area contributed by atoms with E-state index in [0.717, 1.165) is 12.3 Å². The number of carbonyl (C=O) groups excluding carboxylic acids is 1. The van der Waals surface area contributed by atoms with Crippen molar-refractivity contribution in [2.75, 3.05) is 6.54 Å². The molecule has 0 saturated heterocycles. The van der Waals surface area contributed by atoms with Gasteiger partial charge in [-0.2, -0.15) is 0 Å². The minimum atomic E-state index is -0.156. The smallest absolute Gasteiger partial charge is 0.237 e. The largest absolute Gasteiger partial charge is 0.344 e. The molecule has 1 aliphatic carbocycles. The summed E-state index contributed by atoms with van der Waals surface area (Å²) in [6, 6.07) is 0.302. The van der Waals surface area contributed by atoms with Crippen molar-refractivity contribution in [3.05, 3.63) is 0 Å². The fourth-order valence-corrected chi connectivity index (χ4v) is 1.83. The van der Waals surface area contributed by atoms with Crippen LogP contribution in [0.3, 0.4) is 0 Å². The Morgan fingerprint density at radius 3 is 2.75 bits per heavy atom. The number of hydrogen-bond donors (Lipinski definition) is 2. The lowest BCUT2D eigenvalue weighted by molar-refractivity contribution is -0.122. The van der Waals surface area contributed by atoms with E-state index in [1.807, 2.05) is 6.92 Å². The Labute approximate surface area is 98.4 Å². The van der Waals surface area contributed by atoms with Crippen LogP contribution in [0.25, 0.3) is 0 Å². The molecule has 0 spiro atoms. The van der Waals surface area contributed by atoms with E-state index in [9.17, 15) is 4.79 Å². The van der Waals surface area contributed by atoms with Crippen molar-refractivity contribution in [1.29, 1.82) is 0 Å². The van der Waals surface area contributed by atoms with E-state index in [-0.39, 0.29) is 11.9 Å². The first-order valence-electron chi connectivity index (χ1n) is 6.14. The molecule has 2 N–H and O–H groups in total. The zero-order valence-electron chi connectivity index (χ0n) is 10.3. The van der Waals surface area contributed by atoms with Gasteiger partial charge in [0.1, 0.15) is 0 Å². The second-order valence-electron chi connectivity index (χ2n) is 4.59. The van der Waals surface area contributed by atoms with Gasteiger partial charge in [-0.1, -0.05) is 25.7 Å². The summed E-state index contributed by atoms with van der Waals surface area (Å²) in [6.07, 6.45) is 10.1. The number of hydrogen-bond acceptors (Lipinski definition) is 2. The van der Waals surface area contributed by atoms with Crippen molar-refractivity contribution >= 4 is 5.91 Å². The SMILES string of the molecule is C#CCNC(=O)C(C)NC(CC)CC1CC1. The molecule has 0 aromatic heterocycles. The van der Waals surface area contributed by atoms with Crippen LogP contribution in [0.15, 0.2) is 0 Å². The van der Waals surface area contributed by atoms with Crippen LogP contribution in [0, 0.1) is 18.3 Å². The van der Waals surface area contributed by atoms with Crippen LogP contribution < -0.4 is 10.6 Å². The van der Waals surface area contributed by atoms with E-state index in [0.29, 0.717) is 12.6 Å². The molecule has 0 aromatic rings. The number of nitrogens with one attached hydrogen (secondary N) is 2. The molecule has 0 heterocycles. The van der Waals surface area contributed by atoms with Gasteiger partial charge in [0.25, 0.3) is 0 Å². The van der Waals surface area contributed by atoms with Crippen LogP contribution >= 0.6 is 0 Å². The number of rotatable bonds is 7. The van der Waals surface area contributed by atoms with E-state index in [1.165, 1.54) is 19.3 Å². The van der Waals surface area contributed by atoms with Crippen LogP contribution in [0.5, 0.6) is 0 Å².